The summed E-state index contributed by atoms with van der Waals surface area (Å²) in [5.41, 5.74) is 0.199. The number of nitrogens with zero attached hydrogens (tertiary/aromatic N) is 1. The summed E-state index contributed by atoms with van der Waals surface area (Å²) in [5, 5.41) is 2.96. The number of rotatable bonds is 6. The first-order valence-corrected chi connectivity index (χ1v) is 10.7. The Hall–Kier alpha value is -0.760. The van der Waals surface area contributed by atoms with E-state index in [1.807, 2.05) is 0 Å². The van der Waals surface area contributed by atoms with Crippen molar-refractivity contribution in [2.45, 2.75) is 64.6 Å². The summed E-state index contributed by atoms with van der Waals surface area (Å²) in [4.78, 5) is 12.2. The van der Waals surface area contributed by atoms with Crippen LogP contribution in [0.3, 0.4) is 0 Å². The molecule has 1 aliphatic heterocycles. The molecule has 25 heavy (non-hydrogen) atoms. The minimum absolute atomic E-state index is 0.0441. The Morgan fingerprint density at radius 1 is 1.20 bits per heavy atom. The number of sulfonamides is 1. The molecule has 146 valence electrons. The van der Waals surface area contributed by atoms with Crippen LogP contribution in [0.4, 0.5) is 8.78 Å². The number of piperidine rings is 1. The van der Waals surface area contributed by atoms with Crippen LogP contribution < -0.4 is 5.32 Å². The van der Waals surface area contributed by atoms with Gasteiger partial charge in [-0.25, -0.2) is 8.42 Å². The van der Waals surface area contributed by atoms with Crippen LogP contribution in [-0.4, -0.2) is 44.0 Å². The topological polar surface area (TPSA) is 66.5 Å². The molecule has 1 aliphatic carbocycles. The fraction of sp³-hybridized carbons (Fsp3) is 0.941. The monoisotopic (exact) mass is 380 g/mol. The van der Waals surface area contributed by atoms with Crippen LogP contribution in [0.15, 0.2) is 0 Å². The molecule has 2 aliphatic rings. The van der Waals surface area contributed by atoms with Gasteiger partial charge in [-0.05, 0) is 42.9 Å². The van der Waals surface area contributed by atoms with E-state index in [0.717, 1.165) is 17.1 Å². The van der Waals surface area contributed by atoms with Crippen molar-refractivity contribution in [3.63, 3.8) is 0 Å². The van der Waals surface area contributed by atoms with E-state index < -0.39 is 15.8 Å². The molecule has 1 unspecified atom stereocenters. The van der Waals surface area contributed by atoms with Gasteiger partial charge in [-0.1, -0.05) is 26.7 Å². The van der Waals surface area contributed by atoms with E-state index in [2.05, 4.69) is 19.2 Å². The van der Waals surface area contributed by atoms with E-state index in [0.29, 0.717) is 31.7 Å². The Kier molecular flexibility index (Phi) is 6.81. The number of amides is 1. The van der Waals surface area contributed by atoms with Crippen LogP contribution in [0, 0.1) is 17.3 Å². The normalized spacial score (nSPS) is 25.9. The van der Waals surface area contributed by atoms with Gasteiger partial charge in [-0.15, -0.1) is 0 Å². The van der Waals surface area contributed by atoms with E-state index in [1.165, 1.54) is 12.8 Å². The average molecular weight is 381 g/mol. The zero-order valence-corrected chi connectivity index (χ0v) is 16.0. The van der Waals surface area contributed by atoms with Crippen molar-refractivity contribution in [1.82, 2.24) is 9.62 Å². The van der Waals surface area contributed by atoms with Gasteiger partial charge in [0.2, 0.25) is 5.91 Å². The first-order valence-electron chi connectivity index (χ1n) is 9.17. The summed E-state index contributed by atoms with van der Waals surface area (Å²) in [6, 6.07) is 0. The van der Waals surface area contributed by atoms with Gasteiger partial charge in [-0.2, -0.15) is 13.1 Å². The van der Waals surface area contributed by atoms with Crippen LogP contribution in [0.2, 0.25) is 0 Å². The predicted octanol–water partition coefficient (Wildman–Crippen LogP) is 2.97. The highest BCUT2D eigenvalue weighted by Gasteiger charge is 2.35. The van der Waals surface area contributed by atoms with Crippen LogP contribution in [-0.2, 0) is 14.8 Å². The van der Waals surface area contributed by atoms with Gasteiger partial charge in [0.25, 0.3) is 10.0 Å². The maximum atomic E-state index is 12.5. The lowest BCUT2D eigenvalue weighted by molar-refractivity contribution is -0.123. The summed E-state index contributed by atoms with van der Waals surface area (Å²) in [6.07, 6.45) is 6.18. The third-order valence-corrected chi connectivity index (χ3v) is 7.44. The van der Waals surface area contributed by atoms with E-state index >= 15 is 0 Å². The molecule has 0 bridgehead atoms. The lowest BCUT2D eigenvalue weighted by Crippen LogP contribution is -2.43. The number of hydrogen-bond acceptors (Lipinski definition) is 3. The van der Waals surface area contributed by atoms with Gasteiger partial charge in [0.05, 0.1) is 0 Å². The molecule has 5 nitrogen and oxygen atoms in total. The highest BCUT2D eigenvalue weighted by molar-refractivity contribution is 7.89. The zero-order chi connectivity index (χ0) is 18.7. The fourth-order valence-corrected chi connectivity index (χ4v) is 4.92. The number of hydrogen-bond donors (Lipinski definition) is 1. The standard InChI is InChI=1S/C17H30F2N2O3S/c1-17(2)8-4-3-5-14(17)11-15(22)20-12-13-6-9-21(10-7-13)25(23,24)16(18)19/h13-14,16H,3-12H2,1-2H3,(H,20,22). The summed E-state index contributed by atoms with van der Waals surface area (Å²) in [6.45, 7) is 5.15. The second-order valence-electron chi connectivity index (χ2n) is 8.09. The third kappa shape index (κ3) is 5.36. The molecule has 1 N–H and O–H groups in total. The Bertz CT molecular complexity index is 558. The Labute approximate surface area is 149 Å². The molecule has 2 fully saturated rings. The minimum Gasteiger partial charge on any atom is -0.356 e. The molecular formula is C17H30F2N2O3S. The predicted molar refractivity (Wildman–Crippen MR) is 92.6 cm³/mol. The van der Waals surface area contributed by atoms with Crippen LogP contribution in [0.5, 0.6) is 0 Å². The Morgan fingerprint density at radius 3 is 2.40 bits per heavy atom. The molecule has 1 saturated heterocycles. The van der Waals surface area contributed by atoms with Crippen molar-refractivity contribution in [3.05, 3.63) is 0 Å². The quantitative estimate of drug-likeness (QED) is 0.770. The number of carbonyl (C=O) groups is 1. The van der Waals surface area contributed by atoms with Crippen molar-refractivity contribution >= 4 is 15.9 Å². The molecule has 2 rings (SSSR count). The van der Waals surface area contributed by atoms with Crippen molar-refractivity contribution in [2.24, 2.45) is 17.3 Å². The highest BCUT2D eigenvalue weighted by atomic mass is 32.2. The molecule has 1 saturated carbocycles. The van der Waals surface area contributed by atoms with Crippen molar-refractivity contribution in [1.29, 1.82) is 0 Å². The van der Waals surface area contributed by atoms with Gasteiger partial charge in [0, 0.05) is 26.1 Å². The fourth-order valence-electron chi connectivity index (χ4n) is 3.98. The number of halogens is 2. The summed E-state index contributed by atoms with van der Waals surface area (Å²) < 4.78 is 48.8. The molecular weight excluding hydrogens is 350 g/mol. The number of nitrogens with one attached hydrogen (secondary N) is 1. The minimum atomic E-state index is -4.47. The van der Waals surface area contributed by atoms with Crippen molar-refractivity contribution in [2.75, 3.05) is 19.6 Å². The van der Waals surface area contributed by atoms with Gasteiger partial charge >= 0.3 is 5.76 Å². The number of carbonyl (C=O) groups excluding carboxylic acids is 1. The highest BCUT2D eigenvalue weighted by Crippen LogP contribution is 2.42. The maximum Gasteiger partial charge on any atom is 0.350 e. The van der Waals surface area contributed by atoms with Crippen LogP contribution in [0.25, 0.3) is 0 Å². The van der Waals surface area contributed by atoms with E-state index in [4.69, 9.17) is 0 Å². The van der Waals surface area contributed by atoms with E-state index in [-0.39, 0.29) is 30.3 Å². The largest absolute Gasteiger partial charge is 0.356 e. The van der Waals surface area contributed by atoms with Gasteiger partial charge < -0.3 is 5.32 Å². The zero-order valence-electron chi connectivity index (χ0n) is 15.1. The number of alkyl halides is 2. The second-order valence-corrected chi connectivity index (χ2v) is 9.99. The van der Waals surface area contributed by atoms with Gasteiger partial charge in [0.15, 0.2) is 0 Å². The van der Waals surface area contributed by atoms with E-state index in [1.54, 1.807) is 0 Å². The molecule has 0 radical (unpaired) electrons. The molecule has 1 amide bonds. The molecule has 0 aromatic rings. The molecule has 1 heterocycles. The molecule has 0 aromatic heterocycles. The van der Waals surface area contributed by atoms with Crippen molar-refractivity contribution in [3.8, 4) is 0 Å². The second kappa shape index (κ2) is 8.29. The molecule has 0 aromatic carbocycles. The lowest BCUT2D eigenvalue weighted by Gasteiger charge is -2.38. The first kappa shape index (κ1) is 20.6. The Morgan fingerprint density at radius 2 is 1.84 bits per heavy atom. The SMILES string of the molecule is CC1(C)CCCCC1CC(=O)NCC1CCN(S(=O)(=O)C(F)F)CC1. The van der Waals surface area contributed by atoms with Gasteiger partial charge in [-0.3, -0.25) is 4.79 Å². The third-order valence-electron chi connectivity index (χ3n) is 5.91. The molecule has 1 atom stereocenters. The maximum absolute atomic E-state index is 12.5. The van der Waals surface area contributed by atoms with Crippen LogP contribution in [0.1, 0.15) is 58.8 Å². The average Bonchev–Trinajstić information content (AvgIpc) is 2.55. The van der Waals surface area contributed by atoms with Crippen molar-refractivity contribution < 1.29 is 22.0 Å². The van der Waals surface area contributed by atoms with Crippen LogP contribution >= 0.6 is 0 Å². The lowest BCUT2D eigenvalue weighted by atomic mass is 9.67. The summed E-state index contributed by atoms with van der Waals surface area (Å²) in [5.74, 6) is -2.77. The molecule has 8 heteroatoms. The Balaban J connectivity index is 1.73. The smallest absolute Gasteiger partial charge is 0.350 e. The van der Waals surface area contributed by atoms with E-state index in [9.17, 15) is 22.0 Å². The molecule has 0 spiro atoms. The summed E-state index contributed by atoms with van der Waals surface area (Å²) >= 11 is 0. The van der Waals surface area contributed by atoms with Gasteiger partial charge in [0.1, 0.15) is 0 Å². The first-order chi connectivity index (χ1) is 11.6. The summed E-state index contributed by atoms with van der Waals surface area (Å²) in [7, 11) is -4.47.